The topological polar surface area (TPSA) is 110 Å². The molecule has 92 valence electrons. The number of amides is 1. The first kappa shape index (κ1) is 11.8. The highest BCUT2D eigenvalue weighted by molar-refractivity contribution is 5.91. The zero-order chi connectivity index (χ0) is 12.8. The SMILES string of the molecule is Nc1ccc(/C=C/C(=O)NCc2nn[nH]n2)cc1. The maximum atomic E-state index is 11.5. The number of tetrazole rings is 1. The number of anilines is 1. The Morgan fingerprint density at radius 2 is 2.17 bits per heavy atom. The van der Waals surface area contributed by atoms with Crippen molar-refractivity contribution in [1.82, 2.24) is 25.9 Å². The molecule has 0 atom stereocenters. The molecule has 18 heavy (non-hydrogen) atoms. The van der Waals surface area contributed by atoms with E-state index in [1.54, 1.807) is 18.2 Å². The monoisotopic (exact) mass is 244 g/mol. The van der Waals surface area contributed by atoms with E-state index in [4.69, 9.17) is 5.73 Å². The van der Waals surface area contributed by atoms with E-state index in [-0.39, 0.29) is 12.5 Å². The first-order chi connectivity index (χ1) is 8.74. The summed E-state index contributed by atoms with van der Waals surface area (Å²) in [6, 6.07) is 7.21. The molecular formula is C11H12N6O. The maximum absolute atomic E-state index is 11.5. The molecule has 2 aromatic rings. The van der Waals surface area contributed by atoms with E-state index in [9.17, 15) is 4.79 Å². The van der Waals surface area contributed by atoms with E-state index in [1.165, 1.54) is 6.08 Å². The summed E-state index contributed by atoms with van der Waals surface area (Å²) in [5.74, 6) is 0.209. The lowest BCUT2D eigenvalue weighted by Gasteiger charge is -1.97. The van der Waals surface area contributed by atoms with Gasteiger partial charge in [-0.25, -0.2) is 0 Å². The molecule has 0 saturated carbocycles. The summed E-state index contributed by atoms with van der Waals surface area (Å²) in [7, 11) is 0. The quantitative estimate of drug-likeness (QED) is 0.522. The van der Waals surface area contributed by atoms with Gasteiger partial charge in [0.05, 0.1) is 6.54 Å². The number of nitrogens with one attached hydrogen (secondary N) is 2. The zero-order valence-electron chi connectivity index (χ0n) is 9.50. The lowest BCUT2D eigenvalue weighted by Crippen LogP contribution is -2.20. The molecule has 1 amide bonds. The Morgan fingerprint density at radius 3 is 2.83 bits per heavy atom. The number of aromatic nitrogens is 4. The van der Waals surface area contributed by atoms with Crippen molar-refractivity contribution in [2.45, 2.75) is 6.54 Å². The fourth-order valence-electron chi connectivity index (χ4n) is 1.26. The molecular weight excluding hydrogens is 232 g/mol. The van der Waals surface area contributed by atoms with Crippen molar-refractivity contribution in [3.8, 4) is 0 Å². The van der Waals surface area contributed by atoms with E-state index >= 15 is 0 Å². The van der Waals surface area contributed by atoms with Crippen LogP contribution in [0.4, 0.5) is 5.69 Å². The number of H-pyrrole nitrogens is 1. The Bertz CT molecular complexity index is 531. The fraction of sp³-hybridized carbons (Fsp3) is 0.0909. The predicted molar refractivity (Wildman–Crippen MR) is 65.9 cm³/mol. The molecule has 0 radical (unpaired) electrons. The van der Waals surface area contributed by atoms with Crippen molar-refractivity contribution in [1.29, 1.82) is 0 Å². The van der Waals surface area contributed by atoms with Crippen LogP contribution in [0.1, 0.15) is 11.4 Å². The van der Waals surface area contributed by atoms with Crippen LogP contribution in [0, 0.1) is 0 Å². The molecule has 0 aliphatic heterocycles. The third-order valence-corrected chi connectivity index (χ3v) is 2.17. The molecule has 0 aliphatic carbocycles. The number of rotatable bonds is 4. The lowest BCUT2D eigenvalue weighted by molar-refractivity contribution is -0.116. The largest absolute Gasteiger partial charge is 0.399 e. The molecule has 2 rings (SSSR count). The molecule has 7 heteroatoms. The number of carbonyl (C=O) groups is 1. The minimum atomic E-state index is -0.225. The standard InChI is InChI=1S/C11H12N6O/c12-9-4-1-8(2-5-9)3-6-11(18)13-7-10-14-16-17-15-10/h1-6H,7,12H2,(H,13,18)(H,14,15,16,17)/b6-3+. The number of benzene rings is 1. The van der Waals surface area contributed by atoms with Gasteiger partial charge in [0, 0.05) is 11.8 Å². The van der Waals surface area contributed by atoms with Crippen LogP contribution < -0.4 is 11.1 Å². The number of carbonyl (C=O) groups excluding carboxylic acids is 1. The summed E-state index contributed by atoms with van der Waals surface area (Å²) in [6.07, 6.45) is 3.14. The Labute approximate surface area is 103 Å². The molecule has 7 nitrogen and oxygen atoms in total. The summed E-state index contributed by atoms with van der Waals surface area (Å²) in [5.41, 5.74) is 7.15. The number of hydrogen-bond acceptors (Lipinski definition) is 5. The van der Waals surface area contributed by atoms with Crippen LogP contribution in [0.5, 0.6) is 0 Å². The highest BCUT2D eigenvalue weighted by atomic mass is 16.1. The average Bonchev–Trinajstić information content (AvgIpc) is 2.89. The predicted octanol–water partition coefficient (Wildman–Crippen LogP) is 0.111. The van der Waals surface area contributed by atoms with Crippen LogP contribution in [0.25, 0.3) is 6.08 Å². The first-order valence-electron chi connectivity index (χ1n) is 5.28. The van der Waals surface area contributed by atoms with Crippen LogP contribution in [0.15, 0.2) is 30.3 Å². The van der Waals surface area contributed by atoms with Crippen LogP contribution >= 0.6 is 0 Å². The first-order valence-corrected chi connectivity index (χ1v) is 5.28. The highest BCUT2D eigenvalue weighted by Gasteiger charge is 1.99. The van der Waals surface area contributed by atoms with Crippen LogP contribution in [-0.2, 0) is 11.3 Å². The molecule has 1 aromatic heterocycles. The number of nitrogen functional groups attached to an aromatic ring is 1. The van der Waals surface area contributed by atoms with E-state index < -0.39 is 0 Å². The van der Waals surface area contributed by atoms with Gasteiger partial charge in [0.2, 0.25) is 5.91 Å². The molecule has 0 fully saturated rings. The van der Waals surface area contributed by atoms with Crippen molar-refractivity contribution < 1.29 is 4.79 Å². The van der Waals surface area contributed by atoms with E-state index in [0.29, 0.717) is 11.5 Å². The Kier molecular flexibility index (Phi) is 3.65. The molecule has 4 N–H and O–H groups in total. The van der Waals surface area contributed by atoms with Crippen molar-refractivity contribution in [3.05, 3.63) is 41.7 Å². The second kappa shape index (κ2) is 5.58. The Balaban J connectivity index is 1.85. The van der Waals surface area contributed by atoms with Crippen molar-refractivity contribution >= 4 is 17.7 Å². The van der Waals surface area contributed by atoms with Gasteiger partial charge in [0.15, 0.2) is 5.82 Å². The van der Waals surface area contributed by atoms with Gasteiger partial charge < -0.3 is 11.1 Å². The third kappa shape index (κ3) is 3.41. The second-order valence-corrected chi connectivity index (χ2v) is 3.55. The van der Waals surface area contributed by atoms with Gasteiger partial charge in [0.25, 0.3) is 0 Å². The number of aromatic amines is 1. The van der Waals surface area contributed by atoms with Gasteiger partial charge in [-0.3, -0.25) is 4.79 Å². The van der Waals surface area contributed by atoms with Gasteiger partial charge in [-0.1, -0.05) is 17.3 Å². The molecule has 0 bridgehead atoms. The third-order valence-electron chi connectivity index (χ3n) is 2.17. The molecule has 0 saturated heterocycles. The zero-order valence-corrected chi connectivity index (χ0v) is 9.50. The van der Waals surface area contributed by atoms with Gasteiger partial charge in [-0.15, -0.1) is 10.2 Å². The average molecular weight is 244 g/mol. The second-order valence-electron chi connectivity index (χ2n) is 3.55. The smallest absolute Gasteiger partial charge is 0.244 e. The van der Waals surface area contributed by atoms with E-state index in [1.807, 2.05) is 12.1 Å². The normalized spacial score (nSPS) is 10.7. The van der Waals surface area contributed by atoms with Crippen molar-refractivity contribution in [2.24, 2.45) is 0 Å². The summed E-state index contributed by atoms with van der Waals surface area (Å²) >= 11 is 0. The van der Waals surface area contributed by atoms with Crippen molar-refractivity contribution in [3.63, 3.8) is 0 Å². The highest BCUT2D eigenvalue weighted by Crippen LogP contribution is 2.06. The number of nitrogens with zero attached hydrogens (tertiary/aromatic N) is 3. The minimum Gasteiger partial charge on any atom is -0.399 e. The molecule has 1 heterocycles. The molecule has 0 aliphatic rings. The summed E-state index contributed by atoms with van der Waals surface area (Å²) < 4.78 is 0. The molecule has 0 unspecified atom stereocenters. The summed E-state index contributed by atoms with van der Waals surface area (Å²) in [6.45, 7) is 0.238. The van der Waals surface area contributed by atoms with E-state index in [0.717, 1.165) is 5.56 Å². The van der Waals surface area contributed by atoms with Gasteiger partial charge in [0.1, 0.15) is 0 Å². The molecule has 0 spiro atoms. The van der Waals surface area contributed by atoms with Crippen LogP contribution in [0.2, 0.25) is 0 Å². The fourth-order valence-corrected chi connectivity index (χ4v) is 1.26. The minimum absolute atomic E-state index is 0.225. The van der Waals surface area contributed by atoms with Gasteiger partial charge >= 0.3 is 0 Å². The Morgan fingerprint density at radius 1 is 1.39 bits per heavy atom. The Hall–Kier alpha value is -2.70. The maximum Gasteiger partial charge on any atom is 0.244 e. The van der Waals surface area contributed by atoms with Crippen LogP contribution in [-0.4, -0.2) is 26.5 Å². The van der Waals surface area contributed by atoms with Gasteiger partial charge in [-0.05, 0) is 23.8 Å². The lowest BCUT2D eigenvalue weighted by atomic mass is 10.2. The van der Waals surface area contributed by atoms with Gasteiger partial charge in [-0.2, -0.15) is 5.21 Å². The summed E-state index contributed by atoms with van der Waals surface area (Å²) in [4.78, 5) is 11.5. The van der Waals surface area contributed by atoms with E-state index in [2.05, 4.69) is 25.9 Å². The molecule has 1 aromatic carbocycles. The van der Waals surface area contributed by atoms with Crippen molar-refractivity contribution in [2.75, 3.05) is 5.73 Å². The number of hydrogen-bond donors (Lipinski definition) is 3. The van der Waals surface area contributed by atoms with Crippen LogP contribution in [0.3, 0.4) is 0 Å². The number of nitrogens with two attached hydrogens (primary N) is 1. The summed E-state index contributed by atoms with van der Waals surface area (Å²) in [5, 5.41) is 15.8.